The Morgan fingerprint density at radius 1 is 1.67 bits per heavy atom. The van der Waals surface area contributed by atoms with Gasteiger partial charge in [0.2, 0.25) is 5.91 Å². The van der Waals surface area contributed by atoms with Gasteiger partial charge in [0.05, 0.1) is 12.4 Å². The number of aliphatic hydroxyl groups is 1. The summed E-state index contributed by atoms with van der Waals surface area (Å²) in [5.41, 5.74) is 0. The maximum Gasteiger partial charge on any atom is 0.223 e. The molecular formula is C11H15NO3. The number of hydrogen-bond donors (Lipinski definition) is 1. The van der Waals surface area contributed by atoms with Crippen LogP contribution in [0.15, 0.2) is 22.8 Å². The van der Waals surface area contributed by atoms with E-state index in [1.165, 1.54) is 0 Å². The van der Waals surface area contributed by atoms with Gasteiger partial charge in [-0.2, -0.15) is 0 Å². The molecule has 1 aromatic heterocycles. The summed E-state index contributed by atoms with van der Waals surface area (Å²) in [5, 5.41) is 9.29. The summed E-state index contributed by atoms with van der Waals surface area (Å²) in [6, 6.07) is 3.69. The Labute approximate surface area is 88.5 Å². The largest absolute Gasteiger partial charge is 0.469 e. The van der Waals surface area contributed by atoms with E-state index in [0.29, 0.717) is 32.4 Å². The number of carbonyl (C=O) groups is 1. The lowest BCUT2D eigenvalue weighted by Gasteiger charge is -2.14. The Morgan fingerprint density at radius 2 is 2.53 bits per heavy atom. The van der Waals surface area contributed by atoms with Crippen molar-refractivity contribution in [2.24, 2.45) is 0 Å². The highest BCUT2D eigenvalue weighted by Crippen LogP contribution is 2.12. The van der Waals surface area contributed by atoms with Gasteiger partial charge in [-0.1, -0.05) is 0 Å². The minimum absolute atomic E-state index is 0.1000. The second-order valence-electron chi connectivity index (χ2n) is 3.86. The molecule has 4 nitrogen and oxygen atoms in total. The predicted molar refractivity (Wildman–Crippen MR) is 54.2 cm³/mol. The normalized spacial score (nSPS) is 20.9. The maximum absolute atomic E-state index is 11.7. The quantitative estimate of drug-likeness (QED) is 0.801. The van der Waals surface area contributed by atoms with E-state index in [1.54, 1.807) is 11.2 Å². The Bertz CT molecular complexity index is 321. The van der Waals surface area contributed by atoms with Gasteiger partial charge in [-0.15, -0.1) is 0 Å². The average Bonchev–Trinajstić information content (AvgIpc) is 2.84. The van der Waals surface area contributed by atoms with Crippen molar-refractivity contribution >= 4 is 5.91 Å². The van der Waals surface area contributed by atoms with E-state index in [2.05, 4.69) is 0 Å². The summed E-state index contributed by atoms with van der Waals surface area (Å²) in [5.74, 6) is 0.936. The zero-order valence-corrected chi connectivity index (χ0v) is 8.56. The first-order valence-corrected chi connectivity index (χ1v) is 5.24. The van der Waals surface area contributed by atoms with Crippen molar-refractivity contribution in [3.63, 3.8) is 0 Å². The molecular weight excluding hydrogens is 194 g/mol. The van der Waals surface area contributed by atoms with Crippen LogP contribution in [0.2, 0.25) is 0 Å². The maximum atomic E-state index is 11.7. The highest BCUT2D eigenvalue weighted by Gasteiger charge is 2.23. The first-order chi connectivity index (χ1) is 7.25. The molecule has 1 aliphatic rings. The third-order valence-electron chi connectivity index (χ3n) is 2.68. The van der Waals surface area contributed by atoms with Crippen LogP contribution in [-0.4, -0.2) is 35.1 Å². The van der Waals surface area contributed by atoms with Gasteiger partial charge in [0, 0.05) is 25.9 Å². The van der Waals surface area contributed by atoms with Gasteiger partial charge in [0.15, 0.2) is 0 Å². The summed E-state index contributed by atoms with van der Waals surface area (Å²) in [6.45, 7) is 1.16. The second kappa shape index (κ2) is 4.49. The van der Waals surface area contributed by atoms with Crippen molar-refractivity contribution in [3.8, 4) is 0 Å². The summed E-state index contributed by atoms with van der Waals surface area (Å²) >= 11 is 0. The van der Waals surface area contributed by atoms with Crippen LogP contribution < -0.4 is 0 Å². The van der Waals surface area contributed by atoms with Gasteiger partial charge in [-0.05, 0) is 18.6 Å². The number of likely N-dealkylation sites (tertiary alicyclic amines) is 1. The van der Waals surface area contributed by atoms with Gasteiger partial charge >= 0.3 is 0 Å². The number of aliphatic hydroxyl groups excluding tert-OH is 1. The van der Waals surface area contributed by atoms with Crippen LogP contribution in [0.25, 0.3) is 0 Å². The van der Waals surface area contributed by atoms with Crippen molar-refractivity contribution in [3.05, 3.63) is 24.2 Å². The molecule has 2 heterocycles. The molecule has 0 aromatic carbocycles. The summed E-state index contributed by atoms with van der Waals surface area (Å²) in [4.78, 5) is 13.4. The van der Waals surface area contributed by atoms with Crippen molar-refractivity contribution in [2.45, 2.75) is 25.4 Å². The van der Waals surface area contributed by atoms with Crippen molar-refractivity contribution < 1.29 is 14.3 Å². The molecule has 1 saturated heterocycles. The molecule has 0 radical (unpaired) electrons. The molecule has 0 bridgehead atoms. The van der Waals surface area contributed by atoms with Gasteiger partial charge in [0.25, 0.3) is 0 Å². The van der Waals surface area contributed by atoms with Crippen molar-refractivity contribution in [1.29, 1.82) is 0 Å². The lowest BCUT2D eigenvalue weighted by atomic mass is 10.2. The van der Waals surface area contributed by atoms with Crippen LogP contribution in [0.5, 0.6) is 0 Å². The van der Waals surface area contributed by atoms with Gasteiger partial charge in [0.1, 0.15) is 5.76 Å². The molecule has 0 spiro atoms. The number of aryl methyl sites for hydroxylation is 1. The molecule has 1 amide bonds. The minimum atomic E-state index is -0.336. The van der Waals surface area contributed by atoms with E-state index < -0.39 is 0 Å². The predicted octanol–water partition coefficient (Wildman–Crippen LogP) is 0.805. The molecule has 1 atom stereocenters. The minimum Gasteiger partial charge on any atom is -0.469 e. The van der Waals surface area contributed by atoms with Crippen LogP contribution in [-0.2, 0) is 11.2 Å². The number of carbonyl (C=O) groups excluding carboxylic acids is 1. The molecule has 1 aromatic rings. The second-order valence-corrected chi connectivity index (χ2v) is 3.86. The summed E-state index contributed by atoms with van der Waals surface area (Å²) < 4.78 is 5.15. The van der Waals surface area contributed by atoms with E-state index >= 15 is 0 Å². The summed E-state index contributed by atoms with van der Waals surface area (Å²) in [7, 11) is 0. The third-order valence-corrected chi connectivity index (χ3v) is 2.68. The number of hydrogen-bond acceptors (Lipinski definition) is 3. The number of amides is 1. The fourth-order valence-electron chi connectivity index (χ4n) is 1.81. The van der Waals surface area contributed by atoms with E-state index in [4.69, 9.17) is 4.42 Å². The number of furan rings is 1. The van der Waals surface area contributed by atoms with Crippen LogP contribution in [0.1, 0.15) is 18.6 Å². The van der Waals surface area contributed by atoms with Crippen LogP contribution in [0.3, 0.4) is 0 Å². The fourth-order valence-corrected chi connectivity index (χ4v) is 1.81. The Morgan fingerprint density at radius 3 is 3.13 bits per heavy atom. The smallest absolute Gasteiger partial charge is 0.223 e. The zero-order valence-electron chi connectivity index (χ0n) is 8.56. The molecule has 1 fully saturated rings. The monoisotopic (exact) mass is 209 g/mol. The highest BCUT2D eigenvalue weighted by atomic mass is 16.3. The Hall–Kier alpha value is -1.29. The van der Waals surface area contributed by atoms with E-state index in [9.17, 15) is 9.90 Å². The van der Waals surface area contributed by atoms with Crippen LogP contribution in [0.4, 0.5) is 0 Å². The third kappa shape index (κ3) is 2.59. The Balaban J connectivity index is 1.78. The molecule has 0 aliphatic carbocycles. The molecule has 1 unspecified atom stereocenters. The molecule has 0 saturated carbocycles. The number of β-amino-alcohol motifs (C(OH)–C–C–N with tert-alkyl or cyclic N) is 1. The lowest BCUT2D eigenvalue weighted by Crippen LogP contribution is -2.29. The van der Waals surface area contributed by atoms with Crippen molar-refractivity contribution in [1.82, 2.24) is 4.90 Å². The van der Waals surface area contributed by atoms with Crippen molar-refractivity contribution in [2.75, 3.05) is 13.1 Å². The number of nitrogens with zero attached hydrogens (tertiary/aromatic N) is 1. The molecule has 1 N–H and O–H groups in total. The lowest BCUT2D eigenvalue weighted by molar-refractivity contribution is -0.130. The van der Waals surface area contributed by atoms with E-state index in [1.807, 2.05) is 12.1 Å². The molecule has 4 heteroatoms. The highest BCUT2D eigenvalue weighted by molar-refractivity contribution is 5.76. The van der Waals surface area contributed by atoms with E-state index in [0.717, 1.165) is 5.76 Å². The van der Waals surface area contributed by atoms with E-state index in [-0.39, 0.29) is 12.0 Å². The topological polar surface area (TPSA) is 53.7 Å². The Kier molecular flexibility index (Phi) is 3.06. The summed E-state index contributed by atoms with van der Waals surface area (Å²) in [6.07, 6.45) is 3.07. The fraction of sp³-hybridized carbons (Fsp3) is 0.545. The first kappa shape index (κ1) is 10.2. The zero-order chi connectivity index (χ0) is 10.7. The van der Waals surface area contributed by atoms with Crippen LogP contribution in [0, 0.1) is 0 Å². The molecule has 15 heavy (non-hydrogen) atoms. The number of rotatable bonds is 3. The average molecular weight is 209 g/mol. The van der Waals surface area contributed by atoms with Gasteiger partial charge in [-0.25, -0.2) is 0 Å². The molecule has 82 valence electrons. The molecule has 2 rings (SSSR count). The van der Waals surface area contributed by atoms with Gasteiger partial charge < -0.3 is 14.4 Å². The standard InChI is InChI=1S/C11H15NO3/c13-9-5-6-12(8-9)11(14)4-3-10-2-1-7-15-10/h1-2,7,9,13H,3-6,8H2. The first-order valence-electron chi connectivity index (χ1n) is 5.24. The van der Waals surface area contributed by atoms with Crippen LogP contribution >= 0.6 is 0 Å². The molecule has 1 aliphatic heterocycles. The van der Waals surface area contributed by atoms with Gasteiger partial charge in [-0.3, -0.25) is 4.79 Å². The SMILES string of the molecule is O=C(CCc1ccco1)N1CCC(O)C1.